The zero-order valence-corrected chi connectivity index (χ0v) is 14.7. The first kappa shape index (κ1) is 15.7. The maximum absolute atomic E-state index is 2.32. The van der Waals surface area contributed by atoms with Crippen LogP contribution in [-0.2, 0) is 0 Å². The van der Waals surface area contributed by atoms with Gasteiger partial charge in [-0.25, -0.2) is 0 Å². The zero-order chi connectivity index (χ0) is 17.2. The van der Waals surface area contributed by atoms with Gasteiger partial charge in [0.2, 0.25) is 0 Å². The van der Waals surface area contributed by atoms with Crippen molar-refractivity contribution < 1.29 is 0 Å². The fourth-order valence-corrected chi connectivity index (χ4v) is 3.31. The first-order chi connectivity index (χ1) is 12.2. The molecule has 25 heavy (non-hydrogen) atoms. The van der Waals surface area contributed by atoms with E-state index in [2.05, 4.69) is 105 Å². The first-order valence-electron chi connectivity index (χ1n) is 8.90. The lowest BCUT2D eigenvalue weighted by atomic mass is 9.95. The summed E-state index contributed by atoms with van der Waals surface area (Å²) in [5.74, 6) is 0.550. The molecule has 0 nitrogen and oxygen atoms in total. The molecule has 0 atom stereocenters. The van der Waals surface area contributed by atoms with Crippen LogP contribution in [0.4, 0.5) is 0 Å². The summed E-state index contributed by atoms with van der Waals surface area (Å²) in [4.78, 5) is 0. The third-order valence-corrected chi connectivity index (χ3v) is 4.83. The average molecular weight is 322 g/mol. The minimum absolute atomic E-state index is 0.550. The third-order valence-electron chi connectivity index (χ3n) is 4.83. The summed E-state index contributed by atoms with van der Waals surface area (Å²) >= 11 is 0. The molecule has 0 amide bonds. The molecule has 0 heterocycles. The Morgan fingerprint density at radius 3 is 1.88 bits per heavy atom. The highest BCUT2D eigenvalue weighted by Crippen LogP contribution is 2.30. The van der Waals surface area contributed by atoms with Gasteiger partial charge in [-0.2, -0.15) is 0 Å². The molecule has 4 aromatic carbocycles. The van der Waals surface area contributed by atoms with Crippen molar-refractivity contribution in [3.05, 3.63) is 96.6 Å². The number of benzene rings is 4. The highest BCUT2D eigenvalue weighted by atomic mass is 14.1. The average Bonchev–Trinajstić information content (AvgIpc) is 2.68. The molecule has 122 valence electrons. The molecule has 0 unspecified atom stereocenters. The largest absolute Gasteiger partial charge is 0.0622 e. The van der Waals surface area contributed by atoms with Gasteiger partial charge in [0.25, 0.3) is 0 Å². The van der Waals surface area contributed by atoms with Gasteiger partial charge in [0.05, 0.1) is 0 Å². The van der Waals surface area contributed by atoms with Crippen molar-refractivity contribution in [2.75, 3.05) is 0 Å². The molecule has 0 heteroatoms. The van der Waals surface area contributed by atoms with E-state index in [9.17, 15) is 0 Å². The summed E-state index contributed by atoms with van der Waals surface area (Å²) < 4.78 is 0. The SMILES string of the molecule is CC(C)c1ccc2ccc(-c3cccc(-c4ccccc4)c3)cc2c1. The summed E-state index contributed by atoms with van der Waals surface area (Å²) in [6, 6.07) is 32.9. The van der Waals surface area contributed by atoms with Crippen LogP contribution in [0.2, 0.25) is 0 Å². The van der Waals surface area contributed by atoms with E-state index in [0.29, 0.717) is 5.92 Å². The molecular formula is C25H22. The molecule has 0 aliphatic carbocycles. The first-order valence-corrected chi connectivity index (χ1v) is 8.90. The molecule has 0 spiro atoms. The van der Waals surface area contributed by atoms with E-state index in [1.54, 1.807) is 0 Å². The summed E-state index contributed by atoms with van der Waals surface area (Å²) in [5.41, 5.74) is 6.44. The van der Waals surface area contributed by atoms with Crippen molar-refractivity contribution in [3.8, 4) is 22.3 Å². The Morgan fingerprint density at radius 1 is 0.480 bits per heavy atom. The molecule has 0 aliphatic rings. The normalized spacial score (nSPS) is 11.2. The van der Waals surface area contributed by atoms with Gasteiger partial charge in [0, 0.05) is 0 Å². The number of rotatable bonds is 3. The molecule has 0 fully saturated rings. The van der Waals surface area contributed by atoms with Gasteiger partial charge in [-0.15, -0.1) is 0 Å². The molecule has 0 aromatic heterocycles. The third kappa shape index (κ3) is 3.21. The van der Waals surface area contributed by atoms with E-state index in [0.717, 1.165) is 0 Å². The molecule has 4 aromatic rings. The van der Waals surface area contributed by atoms with Crippen LogP contribution in [0.5, 0.6) is 0 Å². The van der Waals surface area contributed by atoms with Crippen LogP contribution in [0.3, 0.4) is 0 Å². The Balaban J connectivity index is 1.79. The maximum Gasteiger partial charge on any atom is -0.0175 e. The van der Waals surface area contributed by atoms with Crippen molar-refractivity contribution in [1.29, 1.82) is 0 Å². The lowest BCUT2D eigenvalue weighted by Gasteiger charge is -2.10. The van der Waals surface area contributed by atoms with Gasteiger partial charge in [0.1, 0.15) is 0 Å². The van der Waals surface area contributed by atoms with Gasteiger partial charge >= 0.3 is 0 Å². The maximum atomic E-state index is 2.32. The topological polar surface area (TPSA) is 0 Å². The second-order valence-electron chi connectivity index (χ2n) is 6.92. The minimum atomic E-state index is 0.550. The fourth-order valence-electron chi connectivity index (χ4n) is 3.31. The molecule has 0 radical (unpaired) electrons. The fraction of sp³-hybridized carbons (Fsp3) is 0.120. The minimum Gasteiger partial charge on any atom is -0.0622 e. The van der Waals surface area contributed by atoms with Gasteiger partial charge in [-0.1, -0.05) is 92.7 Å². The van der Waals surface area contributed by atoms with Gasteiger partial charge < -0.3 is 0 Å². The Labute approximate surface area is 149 Å². The highest BCUT2D eigenvalue weighted by Gasteiger charge is 2.05. The quantitative estimate of drug-likeness (QED) is 0.371. The van der Waals surface area contributed by atoms with E-state index in [1.165, 1.54) is 38.6 Å². The van der Waals surface area contributed by atoms with Crippen molar-refractivity contribution >= 4 is 10.8 Å². The zero-order valence-electron chi connectivity index (χ0n) is 14.7. The van der Waals surface area contributed by atoms with Crippen molar-refractivity contribution in [3.63, 3.8) is 0 Å². The van der Waals surface area contributed by atoms with Crippen LogP contribution in [0, 0.1) is 0 Å². The predicted molar refractivity (Wildman–Crippen MR) is 109 cm³/mol. The van der Waals surface area contributed by atoms with Gasteiger partial charge in [-0.3, -0.25) is 0 Å². The highest BCUT2D eigenvalue weighted by molar-refractivity contribution is 5.88. The molecule has 0 saturated heterocycles. The lowest BCUT2D eigenvalue weighted by molar-refractivity contribution is 0.869. The van der Waals surface area contributed by atoms with Gasteiger partial charge in [0.15, 0.2) is 0 Å². The Kier molecular flexibility index (Phi) is 4.11. The Hall–Kier alpha value is -2.86. The summed E-state index contributed by atoms with van der Waals surface area (Å²) in [6.07, 6.45) is 0. The summed E-state index contributed by atoms with van der Waals surface area (Å²) in [7, 11) is 0. The van der Waals surface area contributed by atoms with E-state index >= 15 is 0 Å². The van der Waals surface area contributed by atoms with Crippen molar-refractivity contribution in [1.82, 2.24) is 0 Å². The van der Waals surface area contributed by atoms with Crippen molar-refractivity contribution in [2.45, 2.75) is 19.8 Å². The van der Waals surface area contributed by atoms with E-state index in [1.807, 2.05) is 0 Å². The number of fused-ring (bicyclic) bond motifs is 1. The second kappa shape index (κ2) is 6.57. The lowest BCUT2D eigenvalue weighted by Crippen LogP contribution is -1.87. The standard InChI is InChI=1S/C25H22/c1-18(2)21-13-11-20-12-14-24(17-25(20)15-21)23-10-6-9-22(16-23)19-7-4-3-5-8-19/h3-18H,1-2H3. The van der Waals surface area contributed by atoms with Crippen LogP contribution < -0.4 is 0 Å². The van der Waals surface area contributed by atoms with E-state index in [4.69, 9.17) is 0 Å². The molecule has 0 aliphatic heterocycles. The van der Waals surface area contributed by atoms with Crippen LogP contribution in [-0.4, -0.2) is 0 Å². The molecule has 0 N–H and O–H groups in total. The molecule has 0 bridgehead atoms. The predicted octanol–water partition coefficient (Wildman–Crippen LogP) is 7.30. The summed E-state index contributed by atoms with van der Waals surface area (Å²) in [6.45, 7) is 4.49. The monoisotopic (exact) mass is 322 g/mol. The second-order valence-corrected chi connectivity index (χ2v) is 6.92. The van der Waals surface area contributed by atoms with E-state index in [-0.39, 0.29) is 0 Å². The van der Waals surface area contributed by atoms with Crippen LogP contribution in [0.15, 0.2) is 91.0 Å². The van der Waals surface area contributed by atoms with Gasteiger partial charge in [-0.05, 0) is 56.6 Å². The van der Waals surface area contributed by atoms with Crippen LogP contribution in [0.25, 0.3) is 33.0 Å². The summed E-state index contributed by atoms with van der Waals surface area (Å²) in [5, 5.41) is 2.61. The smallest absolute Gasteiger partial charge is 0.0175 e. The van der Waals surface area contributed by atoms with Crippen molar-refractivity contribution in [2.24, 2.45) is 0 Å². The van der Waals surface area contributed by atoms with Crippen LogP contribution >= 0.6 is 0 Å². The molecule has 0 saturated carbocycles. The van der Waals surface area contributed by atoms with E-state index < -0.39 is 0 Å². The Bertz CT molecular complexity index is 1010. The Morgan fingerprint density at radius 2 is 1.12 bits per heavy atom. The molecular weight excluding hydrogens is 300 g/mol. The number of hydrogen-bond acceptors (Lipinski definition) is 0. The molecule has 4 rings (SSSR count). The van der Waals surface area contributed by atoms with Crippen LogP contribution in [0.1, 0.15) is 25.3 Å². The number of hydrogen-bond donors (Lipinski definition) is 0.